The highest BCUT2D eigenvalue weighted by atomic mass is 35.5. The zero-order valence-electron chi connectivity index (χ0n) is 62.9. The van der Waals surface area contributed by atoms with E-state index in [1.807, 2.05) is 157 Å². The van der Waals surface area contributed by atoms with Gasteiger partial charge >= 0.3 is 0 Å². The van der Waals surface area contributed by atoms with Gasteiger partial charge < -0.3 is 37.2 Å². The Morgan fingerprint density at radius 1 is 0.368 bits per heavy atom. The van der Waals surface area contributed by atoms with E-state index >= 15 is 0 Å². The van der Waals surface area contributed by atoms with Gasteiger partial charge in [0.15, 0.2) is 11.6 Å². The Morgan fingerprint density at radius 3 is 0.982 bits per heavy atom. The number of aromatic hydroxyl groups is 2. The normalized spacial score (nSPS) is 11.5. The SMILES string of the molecule is Cc1ccc(C(C#N)c2cc(C)c(NC(=O)c3cc(F)ccc3O)cc2Cl)cc1.Cc1ccc(C(C#N)c2cc(C)c(NC(=O)c3cccc(F)c3O)cc2Cl)cc1.Cc1ccc(C(C#N)c2cc(C)c(NC(=O)c3ccccc3N)cc2Cl)cc1.Cc1ccc(C(C#N)c2cc(C)c(NC(=O)c3ccccc3S)cc2Cl)cc1. The molecule has 15 nitrogen and oxygen atoms in total. The van der Waals surface area contributed by atoms with E-state index in [1.165, 1.54) is 12.1 Å². The average Bonchev–Trinajstić information content (AvgIpc) is 0.817. The van der Waals surface area contributed by atoms with Crippen LogP contribution in [0, 0.1) is 112 Å². The molecule has 0 aliphatic carbocycles. The summed E-state index contributed by atoms with van der Waals surface area (Å²) in [4.78, 5) is 50.6. The minimum Gasteiger partial charge on any atom is -0.507 e. The summed E-state index contributed by atoms with van der Waals surface area (Å²) in [5.74, 6) is -6.51. The molecule has 572 valence electrons. The molecular formula is C92H75Cl4F2N9O6S. The number of rotatable bonds is 16. The van der Waals surface area contributed by atoms with Crippen LogP contribution in [0.2, 0.25) is 20.1 Å². The molecule has 0 aliphatic rings. The number of thiol groups is 1. The molecular weight excluding hydrogens is 1540 g/mol. The van der Waals surface area contributed by atoms with Gasteiger partial charge in [-0.25, -0.2) is 8.78 Å². The van der Waals surface area contributed by atoms with Gasteiger partial charge in [-0.3, -0.25) is 19.2 Å². The quantitative estimate of drug-likeness (QED) is 0.0333. The van der Waals surface area contributed by atoms with Gasteiger partial charge in [-0.1, -0.05) is 220 Å². The number of nitrogens with zero attached hydrogens (tertiary/aromatic N) is 4. The molecule has 12 rings (SSSR count). The largest absolute Gasteiger partial charge is 0.507 e. The van der Waals surface area contributed by atoms with E-state index in [-0.39, 0.29) is 28.7 Å². The summed E-state index contributed by atoms with van der Waals surface area (Å²) in [6.07, 6.45) is 0. The van der Waals surface area contributed by atoms with Crippen molar-refractivity contribution in [2.45, 2.75) is 84.0 Å². The van der Waals surface area contributed by atoms with E-state index in [0.29, 0.717) is 92.4 Å². The number of nitriles is 4. The number of hydrogen-bond acceptors (Lipinski definition) is 12. The second-order valence-electron chi connectivity index (χ2n) is 26.9. The maximum absolute atomic E-state index is 13.5. The number of aryl methyl sites for hydroxylation is 8. The number of carbonyl (C=O) groups is 4. The lowest BCUT2D eigenvalue weighted by Crippen LogP contribution is -2.15. The monoisotopic (exact) mass is 1610 g/mol. The molecule has 0 bridgehead atoms. The third kappa shape index (κ3) is 21.3. The number of amides is 4. The van der Waals surface area contributed by atoms with Crippen LogP contribution in [0.1, 0.15) is 154 Å². The van der Waals surface area contributed by atoms with Crippen LogP contribution in [0.5, 0.6) is 11.5 Å². The molecule has 12 aromatic rings. The smallest absolute Gasteiger partial charge is 0.259 e. The number of carbonyl (C=O) groups excluding carboxylic acids is 4. The van der Waals surface area contributed by atoms with Crippen molar-refractivity contribution < 1.29 is 38.2 Å². The van der Waals surface area contributed by atoms with Gasteiger partial charge in [0, 0.05) is 53.4 Å². The molecule has 0 saturated carbocycles. The molecule has 0 aromatic heterocycles. The Bertz CT molecular complexity index is 5500. The minimum absolute atomic E-state index is 0.181. The van der Waals surface area contributed by atoms with Crippen LogP contribution in [-0.2, 0) is 0 Å². The van der Waals surface area contributed by atoms with Gasteiger partial charge in [0.2, 0.25) is 0 Å². The van der Waals surface area contributed by atoms with E-state index in [4.69, 9.17) is 52.1 Å². The van der Waals surface area contributed by atoms with Crippen LogP contribution in [0.4, 0.5) is 37.2 Å². The summed E-state index contributed by atoms with van der Waals surface area (Å²) < 4.78 is 26.9. The van der Waals surface area contributed by atoms with Crippen molar-refractivity contribution in [2.75, 3.05) is 27.0 Å². The number of nitrogens with one attached hydrogen (secondary N) is 4. The van der Waals surface area contributed by atoms with Gasteiger partial charge in [0.05, 0.1) is 70.2 Å². The molecule has 12 aromatic carbocycles. The average molecular weight is 1610 g/mol. The molecule has 0 aliphatic heterocycles. The van der Waals surface area contributed by atoms with Crippen LogP contribution in [0.15, 0.2) is 235 Å². The zero-order valence-corrected chi connectivity index (χ0v) is 66.8. The van der Waals surface area contributed by atoms with Crippen LogP contribution < -0.4 is 27.0 Å². The predicted molar refractivity (Wildman–Crippen MR) is 452 cm³/mol. The molecule has 22 heteroatoms. The maximum Gasteiger partial charge on any atom is 0.259 e. The molecule has 4 atom stereocenters. The fraction of sp³-hybridized carbons (Fsp3) is 0.130. The Labute approximate surface area is 685 Å². The van der Waals surface area contributed by atoms with E-state index in [1.54, 1.807) is 92.7 Å². The standard InChI is InChI=1S/2C23H18ClFN2O2.C23H20ClN3O.C23H19ClN2OS/c1-13-3-5-15(6-4-13)19(12-26)17-9-14(2)21(11-20(17)24)27-23(29)18-10-16(25)7-8-22(18)28;1-13-6-8-15(9-7-13)18(12-26)17-10-14(2)21(11-19(17)24)27-23(29)16-4-3-5-20(25)22(16)28;1-14-7-9-16(10-8-14)19(13-25)18-11-15(2)22(12-20(18)24)27-23(28)17-5-3-4-6-21(17)26;1-14-7-9-16(10-8-14)19(13-25)18-11-15(2)21(12-20(18)24)26-23(27)17-5-3-4-6-22(17)28/h3-11,19,28H,1-2H3,(H,27,29);3-11,18,28H,1-2H3,(H,27,29);3-12,19H,26H2,1-2H3,(H,27,28);3-12,19,28H,1-2H3,(H,26,27). The number of phenolic OH excluding ortho intramolecular Hbond substituents is 2. The molecule has 4 amide bonds. The van der Waals surface area contributed by atoms with E-state index in [0.717, 1.165) is 85.5 Å². The number of nitrogen functional groups attached to an aromatic ring is 1. The van der Waals surface area contributed by atoms with Crippen molar-refractivity contribution in [1.29, 1.82) is 21.0 Å². The first kappa shape index (κ1) is 85.3. The second-order valence-corrected chi connectivity index (χ2v) is 29.0. The summed E-state index contributed by atoms with van der Waals surface area (Å²) >= 11 is 30.2. The second kappa shape index (κ2) is 38.9. The van der Waals surface area contributed by atoms with Gasteiger partial charge in [-0.05, 0) is 201 Å². The summed E-state index contributed by atoms with van der Waals surface area (Å²) in [5, 5.41) is 70.9. The Hall–Kier alpha value is -12.8. The van der Waals surface area contributed by atoms with Crippen molar-refractivity contribution in [3.63, 3.8) is 0 Å². The third-order valence-corrected chi connectivity index (χ3v) is 20.3. The molecule has 0 heterocycles. The number of nitrogens with two attached hydrogens (primary N) is 1. The Balaban J connectivity index is 0.000000174. The third-order valence-electron chi connectivity index (χ3n) is 18.6. The van der Waals surface area contributed by atoms with Crippen molar-refractivity contribution in [3.05, 3.63) is 374 Å². The number of hydrogen-bond donors (Lipinski definition) is 8. The van der Waals surface area contributed by atoms with E-state index < -0.39 is 52.9 Å². The Kier molecular flexibility index (Phi) is 29.1. The first-order valence-corrected chi connectivity index (χ1v) is 37.3. The summed E-state index contributed by atoms with van der Waals surface area (Å²) in [7, 11) is 0. The lowest BCUT2D eigenvalue weighted by Gasteiger charge is -2.16. The van der Waals surface area contributed by atoms with Crippen molar-refractivity contribution in [1.82, 2.24) is 0 Å². The fourth-order valence-electron chi connectivity index (χ4n) is 12.1. The summed E-state index contributed by atoms with van der Waals surface area (Å²) in [5.41, 5.74) is 22.4. The lowest BCUT2D eigenvalue weighted by atomic mass is 9.90. The highest BCUT2D eigenvalue weighted by Gasteiger charge is 2.26. The highest BCUT2D eigenvalue weighted by Crippen LogP contribution is 2.40. The molecule has 0 saturated heterocycles. The lowest BCUT2D eigenvalue weighted by molar-refractivity contribution is 0.101. The van der Waals surface area contributed by atoms with E-state index in [2.05, 4.69) is 58.2 Å². The maximum atomic E-state index is 13.5. The van der Waals surface area contributed by atoms with Crippen molar-refractivity contribution in [3.8, 4) is 35.8 Å². The number of anilines is 5. The van der Waals surface area contributed by atoms with Crippen molar-refractivity contribution >= 4 is 111 Å². The number of phenols is 2. The predicted octanol–water partition coefficient (Wildman–Crippen LogP) is 23.0. The zero-order chi connectivity index (χ0) is 82.8. The minimum atomic E-state index is -0.877. The molecule has 8 N–H and O–H groups in total. The van der Waals surface area contributed by atoms with Crippen molar-refractivity contribution in [2.24, 2.45) is 0 Å². The van der Waals surface area contributed by atoms with E-state index in [9.17, 15) is 59.2 Å². The number of para-hydroxylation sites is 2. The van der Waals surface area contributed by atoms with Gasteiger partial charge in [-0.15, -0.1) is 12.6 Å². The molecule has 114 heavy (non-hydrogen) atoms. The first-order valence-electron chi connectivity index (χ1n) is 35.3. The number of halogens is 6. The Morgan fingerprint density at radius 2 is 0.658 bits per heavy atom. The molecule has 0 fully saturated rings. The highest BCUT2D eigenvalue weighted by molar-refractivity contribution is 7.80. The van der Waals surface area contributed by atoms with Crippen LogP contribution in [0.3, 0.4) is 0 Å². The van der Waals surface area contributed by atoms with Crippen LogP contribution in [-0.4, -0.2) is 33.8 Å². The molecule has 4 unspecified atom stereocenters. The van der Waals surface area contributed by atoms with Crippen LogP contribution in [0.25, 0.3) is 0 Å². The summed E-state index contributed by atoms with van der Waals surface area (Å²) in [6.45, 7) is 15.2. The number of benzene rings is 12. The van der Waals surface area contributed by atoms with Gasteiger partial charge in [0.25, 0.3) is 23.6 Å². The molecule has 0 radical (unpaired) electrons. The molecule has 0 spiro atoms. The fourth-order valence-corrected chi connectivity index (χ4v) is 13.4. The summed E-state index contributed by atoms with van der Waals surface area (Å²) in [6, 6.07) is 74.6. The first-order chi connectivity index (χ1) is 54.4. The van der Waals surface area contributed by atoms with Gasteiger partial charge in [-0.2, -0.15) is 21.0 Å². The van der Waals surface area contributed by atoms with Crippen LogP contribution >= 0.6 is 59.0 Å². The van der Waals surface area contributed by atoms with Gasteiger partial charge in [0.1, 0.15) is 11.6 Å². The topological polar surface area (TPSA) is 278 Å².